The highest BCUT2D eigenvalue weighted by Gasteiger charge is 2.38. The molecule has 0 fully saturated rings. The molecule has 0 aliphatic rings. The lowest BCUT2D eigenvalue weighted by molar-refractivity contribution is -0.122. The Kier molecular flexibility index (Phi) is 4.73. The number of hydrogen-bond acceptors (Lipinski definition) is 4. The topological polar surface area (TPSA) is 89.3 Å². The number of sulfone groups is 1. The summed E-state index contributed by atoms with van der Waals surface area (Å²) in [5, 5.41) is 2.54. The molecule has 0 aliphatic heterocycles. The minimum Gasteiger partial charge on any atom is -0.353 e. The summed E-state index contributed by atoms with van der Waals surface area (Å²) in [4.78, 5) is 11.6. The van der Waals surface area contributed by atoms with Crippen molar-refractivity contribution in [2.45, 2.75) is 38.0 Å². The SMILES string of the molecule is CCC(N)CNC(=O)C(C)(C)S(C)(=O)=O. The molecule has 0 spiro atoms. The van der Waals surface area contributed by atoms with Crippen molar-refractivity contribution < 1.29 is 13.2 Å². The Morgan fingerprint density at radius 2 is 1.93 bits per heavy atom. The maximum atomic E-state index is 11.6. The van der Waals surface area contributed by atoms with Crippen LogP contribution in [0, 0.1) is 0 Å². The summed E-state index contributed by atoms with van der Waals surface area (Å²) in [5.74, 6) is -0.506. The molecule has 0 aromatic heterocycles. The van der Waals surface area contributed by atoms with Gasteiger partial charge in [0.1, 0.15) is 4.75 Å². The fraction of sp³-hybridized carbons (Fsp3) is 0.889. The van der Waals surface area contributed by atoms with E-state index in [1.807, 2.05) is 6.92 Å². The van der Waals surface area contributed by atoms with Crippen LogP contribution >= 0.6 is 0 Å². The van der Waals surface area contributed by atoms with Crippen LogP contribution in [0.5, 0.6) is 0 Å². The van der Waals surface area contributed by atoms with Gasteiger partial charge in [-0.1, -0.05) is 6.92 Å². The minimum absolute atomic E-state index is 0.135. The summed E-state index contributed by atoms with van der Waals surface area (Å²) >= 11 is 0. The van der Waals surface area contributed by atoms with Crippen molar-refractivity contribution in [2.24, 2.45) is 5.73 Å². The van der Waals surface area contributed by atoms with E-state index in [0.717, 1.165) is 12.7 Å². The zero-order chi connectivity index (χ0) is 12.3. The van der Waals surface area contributed by atoms with Gasteiger partial charge in [0.2, 0.25) is 5.91 Å². The first-order chi connectivity index (χ1) is 6.63. The average molecular weight is 236 g/mol. The van der Waals surface area contributed by atoms with Crippen molar-refractivity contribution in [1.82, 2.24) is 5.32 Å². The number of carbonyl (C=O) groups excluding carboxylic acids is 1. The first-order valence-corrected chi connectivity index (χ1v) is 6.75. The maximum Gasteiger partial charge on any atom is 0.240 e. The van der Waals surface area contributed by atoms with E-state index in [1.54, 1.807) is 0 Å². The van der Waals surface area contributed by atoms with E-state index in [4.69, 9.17) is 5.73 Å². The van der Waals surface area contributed by atoms with Crippen LogP contribution in [0.15, 0.2) is 0 Å². The fourth-order valence-corrected chi connectivity index (χ4v) is 1.16. The molecule has 3 N–H and O–H groups in total. The van der Waals surface area contributed by atoms with Crippen LogP contribution in [0.1, 0.15) is 27.2 Å². The Labute approximate surface area is 91.3 Å². The van der Waals surface area contributed by atoms with Crippen LogP contribution < -0.4 is 11.1 Å². The lowest BCUT2D eigenvalue weighted by Gasteiger charge is -2.22. The summed E-state index contributed by atoms with van der Waals surface area (Å²) < 4.78 is 21.2. The van der Waals surface area contributed by atoms with Gasteiger partial charge in [0.15, 0.2) is 9.84 Å². The van der Waals surface area contributed by atoms with Crippen LogP contribution in [0.3, 0.4) is 0 Å². The molecule has 1 atom stereocenters. The molecule has 0 heterocycles. The Morgan fingerprint density at radius 1 is 1.47 bits per heavy atom. The Morgan fingerprint density at radius 3 is 2.27 bits per heavy atom. The Hall–Kier alpha value is -0.620. The number of nitrogens with two attached hydrogens (primary N) is 1. The van der Waals surface area contributed by atoms with Crippen molar-refractivity contribution in [1.29, 1.82) is 0 Å². The Balaban J connectivity index is 4.47. The minimum atomic E-state index is -3.41. The molecule has 0 radical (unpaired) electrons. The summed E-state index contributed by atoms with van der Waals surface area (Å²) in [5.41, 5.74) is 5.61. The molecular weight excluding hydrogens is 216 g/mol. The van der Waals surface area contributed by atoms with Crippen LogP contribution in [0.25, 0.3) is 0 Å². The van der Waals surface area contributed by atoms with Gasteiger partial charge in [-0.05, 0) is 20.3 Å². The zero-order valence-electron chi connectivity index (χ0n) is 9.70. The second kappa shape index (κ2) is 4.94. The molecule has 15 heavy (non-hydrogen) atoms. The van der Waals surface area contributed by atoms with E-state index in [-0.39, 0.29) is 6.04 Å². The third-order valence-corrected chi connectivity index (χ3v) is 4.56. The predicted octanol–water partition coefficient (Wildman–Crippen LogP) is -0.337. The van der Waals surface area contributed by atoms with Crippen molar-refractivity contribution in [3.05, 3.63) is 0 Å². The summed E-state index contributed by atoms with van der Waals surface area (Å²) in [6.07, 6.45) is 1.78. The van der Waals surface area contributed by atoms with Crippen molar-refractivity contribution in [2.75, 3.05) is 12.8 Å². The molecule has 0 aliphatic carbocycles. The fourth-order valence-electron chi connectivity index (χ4n) is 0.749. The normalized spacial score (nSPS) is 14.7. The van der Waals surface area contributed by atoms with Crippen molar-refractivity contribution >= 4 is 15.7 Å². The molecule has 6 heteroatoms. The number of nitrogens with one attached hydrogen (secondary N) is 1. The molecule has 0 aromatic carbocycles. The van der Waals surface area contributed by atoms with Gasteiger partial charge in [-0.3, -0.25) is 4.79 Å². The molecule has 0 saturated carbocycles. The number of hydrogen-bond donors (Lipinski definition) is 2. The van der Waals surface area contributed by atoms with Gasteiger partial charge < -0.3 is 11.1 Å². The molecule has 0 rings (SSSR count). The van der Waals surface area contributed by atoms with E-state index >= 15 is 0 Å². The highest BCUT2D eigenvalue weighted by Crippen LogP contribution is 2.14. The predicted molar refractivity (Wildman–Crippen MR) is 60.2 cm³/mol. The number of amides is 1. The summed E-state index contributed by atoms with van der Waals surface area (Å²) in [6.45, 7) is 4.97. The molecule has 0 bridgehead atoms. The lowest BCUT2D eigenvalue weighted by Crippen LogP contribution is -2.50. The summed E-state index contributed by atoms with van der Waals surface area (Å²) in [7, 11) is -3.41. The van der Waals surface area contributed by atoms with E-state index in [2.05, 4.69) is 5.32 Å². The largest absolute Gasteiger partial charge is 0.353 e. The van der Waals surface area contributed by atoms with Gasteiger partial charge in [0.25, 0.3) is 0 Å². The molecule has 5 nitrogen and oxygen atoms in total. The van der Waals surface area contributed by atoms with Gasteiger partial charge in [-0.25, -0.2) is 8.42 Å². The second-order valence-corrected chi connectivity index (χ2v) is 6.73. The zero-order valence-corrected chi connectivity index (χ0v) is 10.5. The standard InChI is InChI=1S/C9H20N2O3S/c1-5-7(10)6-11-8(12)9(2,3)15(4,13)14/h7H,5-6,10H2,1-4H3,(H,11,12). The molecule has 0 aromatic rings. The first kappa shape index (κ1) is 14.4. The highest BCUT2D eigenvalue weighted by molar-refractivity contribution is 7.92. The van der Waals surface area contributed by atoms with Crippen LogP contribution in [0.2, 0.25) is 0 Å². The molecular formula is C9H20N2O3S. The van der Waals surface area contributed by atoms with Crippen LogP contribution in [0.4, 0.5) is 0 Å². The van der Waals surface area contributed by atoms with E-state index < -0.39 is 20.5 Å². The van der Waals surface area contributed by atoms with Crippen LogP contribution in [-0.2, 0) is 14.6 Å². The van der Waals surface area contributed by atoms with E-state index in [1.165, 1.54) is 13.8 Å². The van der Waals surface area contributed by atoms with E-state index in [9.17, 15) is 13.2 Å². The van der Waals surface area contributed by atoms with Crippen LogP contribution in [-0.4, -0.2) is 37.9 Å². The highest BCUT2D eigenvalue weighted by atomic mass is 32.2. The molecule has 1 amide bonds. The molecule has 90 valence electrons. The molecule has 1 unspecified atom stereocenters. The molecule has 0 saturated heterocycles. The Bertz CT molecular complexity index is 322. The van der Waals surface area contributed by atoms with Gasteiger partial charge in [0.05, 0.1) is 0 Å². The quantitative estimate of drug-likeness (QED) is 0.683. The maximum absolute atomic E-state index is 11.6. The van der Waals surface area contributed by atoms with Gasteiger partial charge in [0, 0.05) is 18.8 Å². The number of carbonyl (C=O) groups is 1. The third kappa shape index (κ3) is 3.79. The third-order valence-electron chi connectivity index (χ3n) is 2.52. The van der Waals surface area contributed by atoms with Crippen molar-refractivity contribution in [3.63, 3.8) is 0 Å². The number of rotatable bonds is 5. The average Bonchev–Trinajstić information content (AvgIpc) is 2.11. The van der Waals surface area contributed by atoms with E-state index in [0.29, 0.717) is 6.54 Å². The van der Waals surface area contributed by atoms with Gasteiger partial charge in [-0.15, -0.1) is 0 Å². The monoisotopic (exact) mass is 236 g/mol. The van der Waals surface area contributed by atoms with Gasteiger partial charge >= 0.3 is 0 Å². The lowest BCUT2D eigenvalue weighted by atomic mass is 10.2. The second-order valence-electron chi connectivity index (χ2n) is 4.16. The first-order valence-electron chi connectivity index (χ1n) is 4.86. The van der Waals surface area contributed by atoms with Crippen molar-refractivity contribution in [3.8, 4) is 0 Å². The summed E-state index contributed by atoms with van der Waals surface area (Å²) in [6, 6.07) is -0.135. The van der Waals surface area contributed by atoms with Gasteiger partial charge in [-0.2, -0.15) is 0 Å². The smallest absolute Gasteiger partial charge is 0.240 e.